The highest BCUT2D eigenvalue weighted by Crippen LogP contribution is 2.42. The zero-order chi connectivity index (χ0) is 11.3. The molecule has 0 aromatic heterocycles. The number of halogens is 2. The van der Waals surface area contributed by atoms with E-state index in [1.807, 2.05) is 6.92 Å². The van der Waals surface area contributed by atoms with Gasteiger partial charge >= 0.3 is 0 Å². The van der Waals surface area contributed by atoms with Crippen LogP contribution in [0, 0.1) is 5.41 Å². The molecular weight excluding hydrogens is 204 g/mol. The van der Waals surface area contributed by atoms with Gasteiger partial charge in [-0.25, -0.2) is 0 Å². The number of aliphatic hydroxyl groups is 1. The summed E-state index contributed by atoms with van der Waals surface area (Å²) in [6.45, 7) is 0.869. The number of ether oxygens (including phenoxy) is 1. The van der Waals surface area contributed by atoms with Crippen LogP contribution in [-0.4, -0.2) is 43.9 Å². The molecule has 0 amide bonds. The summed E-state index contributed by atoms with van der Waals surface area (Å²) in [5.74, 6) is 0. The van der Waals surface area contributed by atoms with Crippen molar-refractivity contribution in [2.75, 3.05) is 26.7 Å². The minimum atomic E-state index is -0.727. The van der Waals surface area contributed by atoms with Crippen molar-refractivity contribution in [3.05, 3.63) is 0 Å². The van der Waals surface area contributed by atoms with E-state index in [-0.39, 0.29) is 18.9 Å². The number of rotatable bonds is 7. The van der Waals surface area contributed by atoms with E-state index in [1.54, 1.807) is 0 Å². The molecule has 1 aliphatic carbocycles. The standard InChI is InChI=1S/C10H19F2NO2/c1-8(4-15-7-14)13-9-2-10(3-9,5-11)6-12/h8-9,13-14H,2-7H2,1H3/t8-/m1/s1. The van der Waals surface area contributed by atoms with Gasteiger partial charge in [0.05, 0.1) is 20.0 Å². The Kier molecular flexibility index (Phi) is 4.89. The summed E-state index contributed by atoms with van der Waals surface area (Å²) in [7, 11) is 0. The fourth-order valence-electron chi connectivity index (χ4n) is 2.04. The van der Waals surface area contributed by atoms with E-state index in [4.69, 9.17) is 9.84 Å². The molecule has 0 heterocycles. The van der Waals surface area contributed by atoms with Crippen LogP contribution in [0.3, 0.4) is 0 Å². The van der Waals surface area contributed by atoms with E-state index in [2.05, 4.69) is 5.32 Å². The smallest absolute Gasteiger partial charge is 0.143 e. The molecule has 0 aromatic rings. The molecule has 3 nitrogen and oxygen atoms in total. The molecule has 0 aromatic carbocycles. The number of alkyl halides is 2. The molecule has 1 rings (SSSR count). The van der Waals surface area contributed by atoms with Gasteiger partial charge in [-0.15, -0.1) is 0 Å². The van der Waals surface area contributed by atoms with Gasteiger partial charge in [-0.05, 0) is 19.8 Å². The lowest BCUT2D eigenvalue weighted by Gasteiger charge is -2.45. The fourth-order valence-corrected chi connectivity index (χ4v) is 2.04. The largest absolute Gasteiger partial charge is 0.371 e. The van der Waals surface area contributed by atoms with Crippen molar-refractivity contribution in [3.63, 3.8) is 0 Å². The zero-order valence-corrected chi connectivity index (χ0v) is 9.01. The SMILES string of the molecule is C[C@H](COCO)NC1CC(CF)(CF)C1. The molecule has 1 atom stereocenters. The predicted octanol–water partition coefficient (Wildman–Crippen LogP) is 1.02. The molecule has 1 fully saturated rings. The van der Waals surface area contributed by atoms with Crippen molar-refractivity contribution in [2.24, 2.45) is 5.41 Å². The van der Waals surface area contributed by atoms with Gasteiger partial charge in [-0.2, -0.15) is 0 Å². The average Bonchev–Trinajstić information content (AvgIpc) is 2.20. The maximum atomic E-state index is 12.5. The lowest BCUT2D eigenvalue weighted by atomic mass is 9.67. The van der Waals surface area contributed by atoms with E-state index < -0.39 is 18.8 Å². The molecule has 0 unspecified atom stereocenters. The van der Waals surface area contributed by atoms with Crippen LogP contribution in [-0.2, 0) is 4.74 Å². The van der Waals surface area contributed by atoms with E-state index in [0.29, 0.717) is 19.4 Å². The highest BCUT2D eigenvalue weighted by Gasteiger charge is 2.44. The molecular formula is C10H19F2NO2. The predicted molar refractivity (Wildman–Crippen MR) is 53.0 cm³/mol. The highest BCUT2D eigenvalue weighted by molar-refractivity contribution is 4.97. The van der Waals surface area contributed by atoms with Gasteiger partial charge in [0.1, 0.15) is 6.79 Å². The fraction of sp³-hybridized carbons (Fsp3) is 1.00. The third-order valence-electron chi connectivity index (χ3n) is 2.91. The van der Waals surface area contributed by atoms with Crippen molar-refractivity contribution in [3.8, 4) is 0 Å². The lowest BCUT2D eigenvalue weighted by molar-refractivity contribution is -0.0209. The topological polar surface area (TPSA) is 41.5 Å². The minimum Gasteiger partial charge on any atom is -0.371 e. The Bertz CT molecular complexity index is 180. The summed E-state index contributed by atoms with van der Waals surface area (Å²) in [4.78, 5) is 0. The summed E-state index contributed by atoms with van der Waals surface area (Å²) in [5.41, 5.74) is -0.727. The monoisotopic (exact) mass is 223 g/mol. The third-order valence-corrected chi connectivity index (χ3v) is 2.91. The molecule has 0 saturated heterocycles. The molecule has 1 aliphatic rings. The molecule has 0 aliphatic heterocycles. The van der Waals surface area contributed by atoms with Crippen LogP contribution in [0.15, 0.2) is 0 Å². The Morgan fingerprint density at radius 2 is 2.07 bits per heavy atom. The van der Waals surface area contributed by atoms with Gasteiger partial charge in [0.2, 0.25) is 0 Å². The highest BCUT2D eigenvalue weighted by atomic mass is 19.1. The summed E-state index contributed by atoms with van der Waals surface area (Å²) in [6, 6.07) is 0.271. The van der Waals surface area contributed by atoms with Gasteiger partial charge in [0.25, 0.3) is 0 Å². The molecule has 15 heavy (non-hydrogen) atoms. The maximum Gasteiger partial charge on any atom is 0.143 e. The van der Waals surface area contributed by atoms with Crippen LogP contribution < -0.4 is 5.32 Å². The first kappa shape index (κ1) is 12.8. The second kappa shape index (κ2) is 5.72. The Balaban J connectivity index is 2.16. The van der Waals surface area contributed by atoms with Crippen LogP contribution in [0.5, 0.6) is 0 Å². The van der Waals surface area contributed by atoms with Crippen LogP contribution >= 0.6 is 0 Å². The van der Waals surface area contributed by atoms with Crippen LogP contribution in [0.1, 0.15) is 19.8 Å². The normalized spacial score (nSPS) is 22.4. The van der Waals surface area contributed by atoms with Crippen LogP contribution in [0.4, 0.5) is 8.78 Å². The van der Waals surface area contributed by atoms with Crippen molar-refractivity contribution >= 4 is 0 Å². The van der Waals surface area contributed by atoms with Crippen molar-refractivity contribution in [2.45, 2.75) is 31.8 Å². The number of hydrogen-bond donors (Lipinski definition) is 2. The van der Waals surface area contributed by atoms with E-state index in [9.17, 15) is 8.78 Å². The molecule has 90 valence electrons. The quantitative estimate of drug-likeness (QED) is 0.633. The summed E-state index contributed by atoms with van der Waals surface area (Å²) in [5, 5.41) is 11.6. The van der Waals surface area contributed by atoms with Gasteiger partial charge < -0.3 is 15.2 Å². The molecule has 0 spiro atoms. The number of nitrogens with one attached hydrogen (secondary N) is 1. The first-order chi connectivity index (χ1) is 7.15. The van der Waals surface area contributed by atoms with Gasteiger partial charge in [0.15, 0.2) is 0 Å². The molecule has 2 N–H and O–H groups in total. The molecule has 5 heteroatoms. The summed E-state index contributed by atoms with van der Waals surface area (Å²) >= 11 is 0. The Morgan fingerprint density at radius 1 is 1.47 bits per heavy atom. The second-order valence-corrected chi connectivity index (χ2v) is 4.44. The average molecular weight is 223 g/mol. The first-order valence-corrected chi connectivity index (χ1v) is 5.22. The molecule has 1 saturated carbocycles. The first-order valence-electron chi connectivity index (χ1n) is 5.22. The summed E-state index contributed by atoms with van der Waals surface area (Å²) in [6.07, 6.45) is 1.09. The lowest BCUT2D eigenvalue weighted by Crippen LogP contribution is -2.54. The summed E-state index contributed by atoms with van der Waals surface area (Å²) < 4.78 is 29.8. The van der Waals surface area contributed by atoms with E-state index in [0.717, 1.165) is 0 Å². The second-order valence-electron chi connectivity index (χ2n) is 4.44. The number of aliphatic hydroxyl groups excluding tert-OH is 1. The van der Waals surface area contributed by atoms with E-state index >= 15 is 0 Å². The molecule has 0 bridgehead atoms. The minimum absolute atomic E-state index is 0.0966. The van der Waals surface area contributed by atoms with Gasteiger partial charge in [-0.1, -0.05) is 0 Å². The maximum absolute atomic E-state index is 12.5. The van der Waals surface area contributed by atoms with Crippen LogP contribution in [0.25, 0.3) is 0 Å². The van der Waals surface area contributed by atoms with Crippen molar-refractivity contribution in [1.29, 1.82) is 0 Å². The zero-order valence-electron chi connectivity index (χ0n) is 9.01. The number of hydrogen-bond acceptors (Lipinski definition) is 3. The third kappa shape index (κ3) is 3.36. The Hall–Kier alpha value is -0.260. The Morgan fingerprint density at radius 3 is 2.53 bits per heavy atom. The van der Waals surface area contributed by atoms with Crippen LogP contribution in [0.2, 0.25) is 0 Å². The Labute approximate surface area is 88.8 Å². The molecule has 0 radical (unpaired) electrons. The van der Waals surface area contributed by atoms with Gasteiger partial charge in [0, 0.05) is 17.5 Å². The van der Waals surface area contributed by atoms with E-state index in [1.165, 1.54) is 0 Å². The van der Waals surface area contributed by atoms with Gasteiger partial charge in [-0.3, -0.25) is 8.78 Å². The van der Waals surface area contributed by atoms with Crippen molar-refractivity contribution < 1.29 is 18.6 Å². The van der Waals surface area contributed by atoms with Crippen molar-refractivity contribution in [1.82, 2.24) is 5.32 Å².